The van der Waals surface area contributed by atoms with E-state index in [4.69, 9.17) is 5.14 Å². The van der Waals surface area contributed by atoms with Gasteiger partial charge in [-0.15, -0.1) is 0 Å². The first-order valence-electron chi connectivity index (χ1n) is 2.48. The highest BCUT2D eigenvalue weighted by molar-refractivity contribution is 7.88. The molecule has 0 radical (unpaired) electrons. The third-order valence-electron chi connectivity index (χ3n) is 0.840. The Morgan fingerprint density at radius 3 is 2.80 bits per heavy atom. The number of nitrogens with zero attached hydrogens (tertiary/aromatic N) is 1. The molecule has 0 unspecified atom stereocenters. The maximum Gasteiger partial charge on any atom is 0.214 e. The van der Waals surface area contributed by atoms with Crippen molar-refractivity contribution in [2.45, 2.75) is 5.75 Å². The van der Waals surface area contributed by atoms with Crippen molar-refractivity contribution in [3.8, 4) is 0 Å². The topological polar surface area (TPSA) is 86.2 Å². The number of hydrogen-bond donors (Lipinski definition) is 1. The van der Waals surface area contributed by atoms with Crippen molar-refractivity contribution in [3.05, 3.63) is 18.0 Å². The molecular weight excluding hydrogens is 156 g/mol. The Morgan fingerprint density at radius 1 is 1.70 bits per heavy atom. The van der Waals surface area contributed by atoms with Gasteiger partial charge in [-0.3, -0.25) is 0 Å². The summed E-state index contributed by atoms with van der Waals surface area (Å²) in [7, 11) is -3.47. The number of hydrogen-bond acceptors (Lipinski definition) is 4. The summed E-state index contributed by atoms with van der Waals surface area (Å²) in [5, 5.41) is 8.08. The van der Waals surface area contributed by atoms with E-state index >= 15 is 0 Å². The smallest absolute Gasteiger partial charge is 0.214 e. The summed E-state index contributed by atoms with van der Waals surface area (Å²) in [5.41, 5.74) is 0.322. The summed E-state index contributed by atoms with van der Waals surface area (Å²) in [6.45, 7) is 0. The van der Waals surface area contributed by atoms with Crippen LogP contribution in [0.4, 0.5) is 0 Å². The Kier molecular flexibility index (Phi) is 1.73. The summed E-state index contributed by atoms with van der Waals surface area (Å²) in [6.07, 6.45) is 1.29. The van der Waals surface area contributed by atoms with Crippen LogP contribution in [0.5, 0.6) is 0 Å². The number of primary sulfonamides is 1. The lowest BCUT2D eigenvalue weighted by Crippen LogP contribution is -2.14. The van der Waals surface area contributed by atoms with Gasteiger partial charge in [0.15, 0.2) is 0 Å². The van der Waals surface area contributed by atoms with Crippen LogP contribution in [0.3, 0.4) is 0 Å². The van der Waals surface area contributed by atoms with Gasteiger partial charge in [0.05, 0.1) is 5.69 Å². The molecule has 0 aliphatic heterocycles. The molecule has 1 rings (SSSR count). The van der Waals surface area contributed by atoms with Crippen LogP contribution in [0, 0.1) is 0 Å². The molecule has 0 aromatic carbocycles. The SMILES string of the molecule is NS(=O)(=O)Cc1ccon1. The van der Waals surface area contributed by atoms with Crippen LogP contribution in [-0.4, -0.2) is 13.6 Å². The van der Waals surface area contributed by atoms with Gasteiger partial charge in [-0.25, -0.2) is 13.6 Å². The van der Waals surface area contributed by atoms with E-state index in [-0.39, 0.29) is 5.75 Å². The zero-order chi connectivity index (χ0) is 7.61. The van der Waals surface area contributed by atoms with Gasteiger partial charge in [-0.1, -0.05) is 5.16 Å². The second-order valence-electron chi connectivity index (χ2n) is 1.80. The van der Waals surface area contributed by atoms with Crippen molar-refractivity contribution in [1.29, 1.82) is 0 Å². The van der Waals surface area contributed by atoms with Crippen molar-refractivity contribution in [2.24, 2.45) is 5.14 Å². The maximum atomic E-state index is 10.4. The Labute approximate surface area is 57.9 Å². The molecule has 0 saturated heterocycles. The molecule has 2 N–H and O–H groups in total. The van der Waals surface area contributed by atoms with E-state index in [2.05, 4.69) is 9.68 Å². The van der Waals surface area contributed by atoms with Crippen molar-refractivity contribution in [1.82, 2.24) is 5.16 Å². The highest BCUT2D eigenvalue weighted by atomic mass is 32.2. The maximum absolute atomic E-state index is 10.4. The highest BCUT2D eigenvalue weighted by Crippen LogP contribution is 1.97. The van der Waals surface area contributed by atoms with E-state index in [0.29, 0.717) is 5.69 Å². The zero-order valence-electron chi connectivity index (χ0n) is 5.02. The molecule has 0 atom stereocenters. The van der Waals surface area contributed by atoms with Gasteiger partial charge in [0.1, 0.15) is 12.0 Å². The first kappa shape index (κ1) is 7.23. The molecular formula is C4H6N2O3S. The number of rotatable bonds is 2. The van der Waals surface area contributed by atoms with Gasteiger partial charge in [-0.2, -0.15) is 0 Å². The first-order chi connectivity index (χ1) is 4.58. The average molecular weight is 162 g/mol. The van der Waals surface area contributed by atoms with Crippen molar-refractivity contribution in [3.63, 3.8) is 0 Å². The van der Waals surface area contributed by atoms with Crippen molar-refractivity contribution < 1.29 is 12.9 Å². The monoisotopic (exact) mass is 162 g/mol. The molecule has 6 heteroatoms. The third-order valence-corrected chi connectivity index (χ3v) is 1.54. The first-order valence-corrected chi connectivity index (χ1v) is 4.19. The minimum Gasteiger partial charge on any atom is -0.364 e. The summed E-state index contributed by atoms with van der Waals surface area (Å²) in [4.78, 5) is 0. The highest BCUT2D eigenvalue weighted by Gasteiger charge is 2.06. The fourth-order valence-electron chi connectivity index (χ4n) is 0.518. The van der Waals surface area contributed by atoms with Gasteiger partial charge in [0, 0.05) is 6.07 Å². The van der Waals surface area contributed by atoms with E-state index in [1.807, 2.05) is 0 Å². The molecule has 1 aromatic heterocycles. The van der Waals surface area contributed by atoms with Crippen LogP contribution >= 0.6 is 0 Å². The second kappa shape index (κ2) is 2.39. The summed E-state index contributed by atoms with van der Waals surface area (Å²) >= 11 is 0. The van der Waals surface area contributed by atoms with Gasteiger partial charge in [0.2, 0.25) is 10.0 Å². The molecule has 0 fully saturated rings. The van der Waals surface area contributed by atoms with Gasteiger partial charge in [0.25, 0.3) is 0 Å². The van der Waals surface area contributed by atoms with Gasteiger partial charge >= 0.3 is 0 Å². The fourth-order valence-corrected chi connectivity index (χ4v) is 1.08. The molecule has 1 heterocycles. The Morgan fingerprint density at radius 2 is 2.40 bits per heavy atom. The second-order valence-corrected chi connectivity index (χ2v) is 3.41. The van der Waals surface area contributed by atoms with Crippen LogP contribution in [-0.2, 0) is 15.8 Å². The van der Waals surface area contributed by atoms with Crippen LogP contribution in [0.15, 0.2) is 16.9 Å². The predicted octanol–water partition coefficient (Wildman–Crippen LogP) is -0.537. The van der Waals surface area contributed by atoms with E-state index < -0.39 is 10.0 Å². The molecule has 0 bridgehead atoms. The number of nitrogens with two attached hydrogens (primary N) is 1. The van der Waals surface area contributed by atoms with Gasteiger partial charge < -0.3 is 4.52 Å². The minimum atomic E-state index is -3.47. The van der Waals surface area contributed by atoms with Crippen LogP contribution in [0.1, 0.15) is 5.69 Å². The third kappa shape index (κ3) is 2.16. The molecule has 0 saturated carbocycles. The largest absolute Gasteiger partial charge is 0.364 e. The molecule has 0 aliphatic carbocycles. The molecule has 0 spiro atoms. The van der Waals surface area contributed by atoms with E-state index in [9.17, 15) is 8.42 Å². The van der Waals surface area contributed by atoms with Crippen molar-refractivity contribution in [2.75, 3.05) is 0 Å². The number of sulfonamides is 1. The summed E-state index contributed by atoms with van der Waals surface area (Å²) in [6, 6.07) is 1.45. The lowest BCUT2D eigenvalue weighted by atomic mass is 10.5. The fraction of sp³-hybridized carbons (Fsp3) is 0.250. The minimum absolute atomic E-state index is 0.274. The van der Waals surface area contributed by atoms with Crippen LogP contribution in [0.2, 0.25) is 0 Å². The van der Waals surface area contributed by atoms with Gasteiger partial charge in [-0.05, 0) is 0 Å². The molecule has 0 amide bonds. The molecule has 5 nitrogen and oxygen atoms in total. The standard InChI is InChI=1S/C4H6N2O3S/c5-10(7,8)3-4-1-2-9-6-4/h1-2H,3H2,(H2,5,7,8). The Balaban J connectivity index is 2.75. The molecule has 0 aliphatic rings. The Bertz CT molecular complexity index is 288. The van der Waals surface area contributed by atoms with E-state index in [0.717, 1.165) is 0 Å². The van der Waals surface area contributed by atoms with E-state index in [1.165, 1.54) is 12.3 Å². The summed E-state index contributed by atoms with van der Waals surface area (Å²) < 4.78 is 25.2. The predicted molar refractivity (Wildman–Crippen MR) is 33.3 cm³/mol. The Hall–Kier alpha value is -0.880. The average Bonchev–Trinajstić information content (AvgIpc) is 2.12. The molecule has 1 aromatic rings. The van der Waals surface area contributed by atoms with E-state index in [1.54, 1.807) is 0 Å². The normalized spacial score (nSPS) is 11.7. The quantitative estimate of drug-likeness (QED) is 0.632. The zero-order valence-corrected chi connectivity index (χ0v) is 5.84. The lowest BCUT2D eigenvalue weighted by molar-refractivity contribution is 0.413. The summed E-state index contributed by atoms with van der Waals surface area (Å²) in [5.74, 6) is -0.274. The van der Waals surface area contributed by atoms with Crippen molar-refractivity contribution >= 4 is 10.0 Å². The molecule has 10 heavy (non-hydrogen) atoms. The van der Waals surface area contributed by atoms with Crippen LogP contribution < -0.4 is 5.14 Å². The van der Waals surface area contributed by atoms with Crippen LogP contribution in [0.25, 0.3) is 0 Å². The lowest BCUT2D eigenvalue weighted by Gasteiger charge is -1.88. The molecule has 56 valence electrons. The number of aromatic nitrogens is 1.